The molecular formula is C13H14F3NO4S. The summed E-state index contributed by atoms with van der Waals surface area (Å²) < 4.78 is 64.2. The quantitative estimate of drug-likeness (QED) is 0.918. The lowest BCUT2D eigenvalue weighted by Gasteiger charge is -2.22. The molecule has 0 aromatic heterocycles. The van der Waals surface area contributed by atoms with Crippen molar-refractivity contribution >= 4 is 16.0 Å². The zero-order valence-corrected chi connectivity index (χ0v) is 12.4. The second-order valence-corrected chi connectivity index (χ2v) is 6.95. The van der Waals surface area contributed by atoms with Gasteiger partial charge in [0, 0.05) is 6.54 Å². The Labute approximate surface area is 125 Å². The van der Waals surface area contributed by atoms with Crippen LogP contribution in [0.1, 0.15) is 24.0 Å². The van der Waals surface area contributed by atoms with Crippen LogP contribution in [-0.4, -0.2) is 36.4 Å². The molecule has 1 aliphatic heterocycles. The number of halogens is 3. The Hall–Kier alpha value is -1.61. The van der Waals surface area contributed by atoms with Crippen LogP contribution in [0, 0.1) is 6.92 Å². The lowest BCUT2D eigenvalue weighted by molar-refractivity contribution is -0.141. The van der Waals surface area contributed by atoms with E-state index in [0.717, 1.165) is 16.4 Å². The number of rotatable bonds is 3. The Bertz CT molecular complexity index is 700. The molecule has 5 nitrogen and oxygen atoms in total. The van der Waals surface area contributed by atoms with E-state index in [1.165, 1.54) is 6.92 Å². The van der Waals surface area contributed by atoms with Crippen molar-refractivity contribution in [3.8, 4) is 0 Å². The highest BCUT2D eigenvalue weighted by Crippen LogP contribution is 2.34. The van der Waals surface area contributed by atoms with Crippen LogP contribution in [0.3, 0.4) is 0 Å². The highest BCUT2D eigenvalue weighted by atomic mass is 32.2. The molecule has 1 N–H and O–H groups in total. The number of carboxylic acids is 1. The topological polar surface area (TPSA) is 74.7 Å². The number of benzene rings is 1. The van der Waals surface area contributed by atoms with Crippen molar-refractivity contribution in [2.45, 2.75) is 36.9 Å². The van der Waals surface area contributed by atoms with Crippen LogP contribution in [0.5, 0.6) is 0 Å². The van der Waals surface area contributed by atoms with Crippen LogP contribution < -0.4 is 0 Å². The molecule has 2 rings (SSSR count). The maximum atomic E-state index is 12.8. The van der Waals surface area contributed by atoms with Gasteiger partial charge < -0.3 is 5.11 Å². The van der Waals surface area contributed by atoms with Gasteiger partial charge in [-0.15, -0.1) is 0 Å². The molecule has 1 heterocycles. The van der Waals surface area contributed by atoms with E-state index in [4.69, 9.17) is 5.11 Å². The number of nitrogens with zero attached hydrogens (tertiary/aromatic N) is 1. The molecule has 1 fully saturated rings. The normalized spacial score (nSPS) is 20.3. The molecule has 0 spiro atoms. The molecule has 0 bridgehead atoms. The number of alkyl halides is 3. The van der Waals surface area contributed by atoms with Crippen molar-refractivity contribution in [2.24, 2.45) is 0 Å². The zero-order valence-electron chi connectivity index (χ0n) is 11.6. The van der Waals surface area contributed by atoms with Gasteiger partial charge in [-0.1, -0.05) is 6.07 Å². The first kappa shape index (κ1) is 16.8. The minimum absolute atomic E-state index is 0.0189. The molecule has 1 atom stereocenters. The number of carboxylic acid groups (broad SMARTS) is 1. The largest absolute Gasteiger partial charge is 0.480 e. The molecule has 0 amide bonds. The molecule has 9 heteroatoms. The van der Waals surface area contributed by atoms with Gasteiger partial charge in [0.15, 0.2) is 0 Å². The fourth-order valence-corrected chi connectivity index (χ4v) is 4.36. The van der Waals surface area contributed by atoms with E-state index in [1.807, 2.05) is 0 Å². The van der Waals surface area contributed by atoms with Gasteiger partial charge in [-0.2, -0.15) is 17.5 Å². The Kier molecular flexibility index (Phi) is 4.22. The molecule has 1 aromatic rings. The Morgan fingerprint density at radius 2 is 2.00 bits per heavy atom. The van der Waals surface area contributed by atoms with E-state index >= 15 is 0 Å². The average Bonchev–Trinajstić information content (AvgIpc) is 2.87. The van der Waals surface area contributed by atoms with Crippen LogP contribution in [0.2, 0.25) is 0 Å². The van der Waals surface area contributed by atoms with E-state index in [-0.39, 0.29) is 18.5 Å². The first-order valence-corrected chi connectivity index (χ1v) is 7.91. The highest BCUT2D eigenvalue weighted by molar-refractivity contribution is 7.89. The van der Waals surface area contributed by atoms with Gasteiger partial charge in [0.1, 0.15) is 6.04 Å². The molecular weight excluding hydrogens is 323 g/mol. The van der Waals surface area contributed by atoms with Crippen molar-refractivity contribution in [1.29, 1.82) is 0 Å². The van der Waals surface area contributed by atoms with Crippen LogP contribution in [0.4, 0.5) is 13.2 Å². The summed E-state index contributed by atoms with van der Waals surface area (Å²) in [5.74, 6) is -1.30. The molecule has 0 aliphatic carbocycles. The second kappa shape index (κ2) is 5.54. The van der Waals surface area contributed by atoms with Gasteiger partial charge in [0.05, 0.1) is 10.5 Å². The third-order valence-corrected chi connectivity index (χ3v) is 5.64. The number of aliphatic carboxylic acids is 1. The predicted molar refractivity (Wildman–Crippen MR) is 70.7 cm³/mol. The van der Waals surface area contributed by atoms with E-state index in [1.54, 1.807) is 0 Å². The summed E-state index contributed by atoms with van der Waals surface area (Å²) in [6.45, 7) is 1.36. The summed E-state index contributed by atoms with van der Waals surface area (Å²) in [6, 6.07) is 1.19. The van der Waals surface area contributed by atoms with Gasteiger partial charge >= 0.3 is 12.1 Å². The van der Waals surface area contributed by atoms with Crippen molar-refractivity contribution in [3.05, 3.63) is 29.3 Å². The molecule has 0 unspecified atom stereocenters. The van der Waals surface area contributed by atoms with Gasteiger partial charge in [-0.05, 0) is 37.5 Å². The van der Waals surface area contributed by atoms with Crippen LogP contribution >= 0.6 is 0 Å². The third-order valence-electron chi connectivity index (χ3n) is 3.59. The summed E-state index contributed by atoms with van der Waals surface area (Å²) in [4.78, 5) is 10.6. The average molecular weight is 337 g/mol. The standard InChI is InChI=1S/C13H14F3NO4S/c1-8-4-5-9(13(14,15)16)7-11(8)22(20,21)17-6-2-3-10(17)12(18)19/h4-5,7,10H,2-3,6H2,1H3,(H,18,19)/t10-/m1/s1. The maximum Gasteiger partial charge on any atom is 0.416 e. The summed E-state index contributed by atoms with van der Waals surface area (Å²) in [5.41, 5.74) is -0.938. The fourth-order valence-electron chi connectivity index (χ4n) is 2.46. The summed E-state index contributed by atoms with van der Waals surface area (Å²) in [6.07, 6.45) is -4.17. The summed E-state index contributed by atoms with van der Waals surface area (Å²) >= 11 is 0. The molecule has 1 aromatic carbocycles. The SMILES string of the molecule is Cc1ccc(C(F)(F)F)cc1S(=O)(=O)N1CCC[C@@H]1C(=O)O. The van der Waals surface area contributed by atoms with Crippen molar-refractivity contribution in [1.82, 2.24) is 4.31 Å². The highest BCUT2D eigenvalue weighted by Gasteiger charge is 2.41. The number of carbonyl (C=O) groups is 1. The van der Waals surface area contributed by atoms with Crippen LogP contribution in [0.25, 0.3) is 0 Å². The van der Waals surface area contributed by atoms with Gasteiger partial charge in [0.2, 0.25) is 10.0 Å². The van der Waals surface area contributed by atoms with Crippen LogP contribution in [-0.2, 0) is 21.0 Å². The van der Waals surface area contributed by atoms with Gasteiger partial charge in [0.25, 0.3) is 0 Å². The molecule has 22 heavy (non-hydrogen) atoms. The number of hydrogen-bond donors (Lipinski definition) is 1. The van der Waals surface area contributed by atoms with Crippen molar-refractivity contribution in [3.63, 3.8) is 0 Å². The molecule has 0 saturated carbocycles. The molecule has 0 radical (unpaired) electrons. The Balaban J connectivity index is 2.52. The van der Waals surface area contributed by atoms with Crippen molar-refractivity contribution < 1.29 is 31.5 Å². The number of sulfonamides is 1. The van der Waals surface area contributed by atoms with E-state index < -0.39 is 38.7 Å². The number of aryl methyl sites for hydroxylation is 1. The lowest BCUT2D eigenvalue weighted by Crippen LogP contribution is -2.40. The number of hydrogen-bond acceptors (Lipinski definition) is 3. The van der Waals surface area contributed by atoms with E-state index in [9.17, 15) is 26.4 Å². The molecule has 1 aliphatic rings. The molecule has 122 valence electrons. The van der Waals surface area contributed by atoms with E-state index in [0.29, 0.717) is 12.5 Å². The Morgan fingerprint density at radius 1 is 1.36 bits per heavy atom. The summed E-state index contributed by atoms with van der Waals surface area (Å²) in [7, 11) is -4.29. The Morgan fingerprint density at radius 3 is 2.55 bits per heavy atom. The third kappa shape index (κ3) is 2.95. The molecule has 1 saturated heterocycles. The van der Waals surface area contributed by atoms with Gasteiger partial charge in [-0.3, -0.25) is 4.79 Å². The predicted octanol–water partition coefficient (Wildman–Crippen LogP) is 2.25. The van der Waals surface area contributed by atoms with Crippen molar-refractivity contribution in [2.75, 3.05) is 6.54 Å². The summed E-state index contributed by atoms with van der Waals surface area (Å²) in [5, 5.41) is 9.06. The fraction of sp³-hybridized carbons (Fsp3) is 0.462. The first-order chi connectivity index (χ1) is 10.0. The minimum Gasteiger partial charge on any atom is -0.480 e. The zero-order chi connectivity index (χ0) is 16.7. The minimum atomic E-state index is -4.67. The monoisotopic (exact) mass is 337 g/mol. The smallest absolute Gasteiger partial charge is 0.416 e. The van der Waals surface area contributed by atoms with E-state index in [2.05, 4.69) is 0 Å². The maximum absolute atomic E-state index is 12.8. The lowest BCUT2D eigenvalue weighted by atomic mass is 10.1. The van der Waals surface area contributed by atoms with Gasteiger partial charge in [-0.25, -0.2) is 8.42 Å². The second-order valence-electron chi connectivity index (χ2n) is 5.09. The van der Waals surface area contributed by atoms with Crippen LogP contribution in [0.15, 0.2) is 23.1 Å². The first-order valence-electron chi connectivity index (χ1n) is 6.47.